The molecule has 0 spiro atoms. The Morgan fingerprint density at radius 2 is 0.878 bits per heavy atom. The van der Waals surface area contributed by atoms with Gasteiger partial charge in [-0.25, -0.2) is 0 Å². The minimum absolute atomic E-state index is 0.498. The zero-order chi connectivity index (χ0) is 29.3. The molecule has 5 rings (SSSR count). The molecule has 0 fully saturated rings. The monoisotopic (exact) mass is 550 g/mol. The van der Waals surface area contributed by atoms with Gasteiger partial charge in [0.1, 0.15) is 24.7 Å². The van der Waals surface area contributed by atoms with Crippen LogP contribution < -0.4 is 9.47 Å². The fraction of sp³-hybridized carbons (Fsp3) is 0.351. The highest BCUT2D eigenvalue weighted by atomic mass is 16.5. The van der Waals surface area contributed by atoms with Crippen LogP contribution in [0.2, 0.25) is 0 Å². The van der Waals surface area contributed by atoms with E-state index in [9.17, 15) is 0 Å². The molecule has 0 heterocycles. The highest BCUT2D eigenvalue weighted by Crippen LogP contribution is 2.58. The smallest absolute Gasteiger partial charge is 0.122 e. The normalized spacial score (nSPS) is 13.2. The maximum absolute atomic E-state index is 6.15. The molecule has 214 valence electrons. The van der Waals surface area contributed by atoms with Crippen molar-refractivity contribution in [1.29, 1.82) is 0 Å². The van der Waals surface area contributed by atoms with E-state index in [0.29, 0.717) is 26.4 Å². The molecule has 0 unspecified atom stereocenters. The third kappa shape index (κ3) is 5.05. The summed E-state index contributed by atoms with van der Waals surface area (Å²) in [5, 5.41) is 0. The Morgan fingerprint density at radius 1 is 0.463 bits per heavy atom. The zero-order valence-corrected chi connectivity index (χ0v) is 25.7. The molecule has 0 atom stereocenters. The average molecular weight is 551 g/mol. The van der Waals surface area contributed by atoms with Crippen LogP contribution in [0.4, 0.5) is 0 Å². The minimum Gasteiger partial charge on any atom is -0.491 e. The molecule has 0 aliphatic heterocycles. The van der Waals surface area contributed by atoms with Crippen molar-refractivity contribution in [1.82, 2.24) is 0 Å². The van der Waals surface area contributed by atoms with Gasteiger partial charge in [-0.2, -0.15) is 0 Å². The van der Waals surface area contributed by atoms with E-state index in [1.165, 1.54) is 55.6 Å². The van der Waals surface area contributed by atoms with Gasteiger partial charge in [0, 0.05) is 14.2 Å². The molecule has 0 N–H and O–H groups in total. The lowest BCUT2D eigenvalue weighted by molar-refractivity contribution is 0.146. The summed E-state index contributed by atoms with van der Waals surface area (Å²) in [6.07, 6.45) is 0. The lowest BCUT2D eigenvalue weighted by atomic mass is 9.64. The molecule has 0 saturated carbocycles. The number of rotatable bonds is 10. The van der Waals surface area contributed by atoms with Crippen molar-refractivity contribution in [3.05, 3.63) is 116 Å². The van der Waals surface area contributed by atoms with Gasteiger partial charge in [0.05, 0.1) is 18.6 Å². The van der Waals surface area contributed by atoms with Gasteiger partial charge in [-0.3, -0.25) is 0 Å². The topological polar surface area (TPSA) is 36.9 Å². The molecule has 1 aliphatic carbocycles. The van der Waals surface area contributed by atoms with Gasteiger partial charge in [0.15, 0.2) is 0 Å². The summed E-state index contributed by atoms with van der Waals surface area (Å²) < 4.78 is 22.8. The summed E-state index contributed by atoms with van der Waals surface area (Å²) >= 11 is 0. The van der Waals surface area contributed by atoms with E-state index < -0.39 is 5.41 Å². The van der Waals surface area contributed by atoms with Gasteiger partial charge in [0.25, 0.3) is 0 Å². The second-order valence-electron chi connectivity index (χ2n) is 11.4. The maximum Gasteiger partial charge on any atom is 0.122 e. The van der Waals surface area contributed by atoms with Gasteiger partial charge in [0.2, 0.25) is 0 Å². The maximum atomic E-state index is 6.15. The zero-order valence-electron chi connectivity index (χ0n) is 25.7. The molecule has 0 bridgehead atoms. The van der Waals surface area contributed by atoms with E-state index in [0.717, 1.165) is 22.6 Å². The fourth-order valence-corrected chi connectivity index (χ4v) is 6.45. The van der Waals surface area contributed by atoms with Gasteiger partial charge >= 0.3 is 0 Å². The minimum atomic E-state index is -0.498. The molecule has 0 amide bonds. The third-order valence-corrected chi connectivity index (χ3v) is 8.39. The number of aryl methyl sites for hydroxylation is 6. The first kappa shape index (κ1) is 28.9. The molecule has 0 radical (unpaired) electrons. The van der Waals surface area contributed by atoms with Crippen LogP contribution in [0, 0.1) is 41.5 Å². The first-order chi connectivity index (χ1) is 19.7. The van der Waals surface area contributed by atoms with E-state index in [1.807, 2.05) is 0 Å². The van der Waals surface area contributed by atoms with Crippen molar-refractivity contribution in [3.8, 4) is 22.6 Å². The first-order valence-corrected chi connectivity index (χ1v) is 14.4. The van der Waals surface area contributed by atoms with Crippen LogP contribution >= 0.6 is 0 Å². The molecule has 4 nitrogen and oxygen atoms in total. The largest absolute Gasteiger partial charge is 0.491 e. The molecule has 4 aromatic rings. The molecule has 4 aromatic carbocycles. The SMILES string of the molecule is COCCOc1cc(C)c(C2(c3cc(C)c(OCCOC)cc3C)c3cc(C)ccc3-c3ccc(C)cc32)cc1C. The Hall–Kier alpha value is -3.60. The highest BCUT2D eigenvalue weighted by Gasteiger charge is 2.48. The standard InChI is InChI=1S/C37H42O4/c1-23-9-11-29-30-12-10-24(2)18-34(30)37(33(29)17-23,31-19-27(5)35(21-25(31)3)40-15-13-38-7)32-20-28(6)36(22-26(32)4)41-16-14-39-8/h9-12,17-22H,13-16H2,1-8H3. The number of hydrogen-bond acceptors (Lipinski definition) is 4. The molecule has 41 heavy (non-hydrogen) atoms. The Bertz CT molecular complexity index is 1460. The third-order valence-electron chi connectivity index (χ3n) is 8.39. The van der Waals surface area contributed by atoms with E-state index in [-0.39, 0.29) is 0 Å². The summed E-state index contributed by atoms with van der Waals surface area (Å²) in [6, 6.07) is 22.9. The van der Waals surface area contributed by atoms with Gasteiger partial charge in [-0.05, 0) is 109 Å². The van der Waals surface area contributed by atoms with E-state index >= 15 is 0 Å². The van der Waals surface area contributed by atoms with E-state index in [1.54, 1.807) is 14.2 Å². The average Bonchev–Trinajstić information content (AvgIpc) is 3.21. The summed E-state index contributed by atoms with van der Waals surface area (Å²) in [6.45, 7) is 15.3. The van der Waals surface area contributed by atoms with E-state index in [2.05, 4.69) is 102 Å². The quantitative estimate of drug-likeness (QED) is 0.165. The first-order valence-electron chi connectivity index (χ1n) is 14.4. The van der Waals surface area contributed by atoms with Crippen molar-refractivity contribution >= 4 is 0 Å². The molecule has 4 heteroatoms. The number of hydrogen-bond donors (Lipinski definition) is 0. The summed E-state index contributed by atoms with van der Waals surface area (Å²) in [5.41, 5.74) is 14.4. The number of ether oxygens (including phenoxy) is 4. The van der Waals surface area contributed by atoms with Crippen LogP contribution in [-0.2, 0) is 14.9 Å². The molecule has 0 aromatic heterocycles. The predicted octanol–water partition coefficient (Wildman–Crippen LogP) is 7.95. The number of fused-ring (bicyclic) bond motifs is 3. The number of methoxy groups -OCH3 is 2. The molecular weight excluding hydrogens is 508 g/mol. The van der Waals surface area contributed by atoms with Crippen LogP contribution in [0.5, 0.6) is 11.5 Å². The molecule has 0 saturated heterocycles. The van der Waals surface area contributed by atoms with Gasteiger partial charge in [-0.1, -0.05) is 59.7 Å². The van der Waals surface area contributed by atoms with Crippen molar-refractivity contribution in [2.75, 3.05) is 40.6 Å². The summed E-state index contributed by atoms with van der Waals surface area (Å²) in [5.74, 6) is 1.81. The van der Waals surface area contributed by atoms with Gasteiger partial charge in [-0.15, -0.1) is 0 Å². The summed E-state index contributed by atoms with van der Waals surface area (Å²) in [7, 11) is 3.40. The number of benzene rings is 4. The van der Waals surface area contributed by atoms with Gasteiger partial charge < -0.3 is 18.9 Å². The van der Waals surface area contributed by atoms with Crippen LogP contribution in [0.3, 0.4) is 0 Å². The Kier molecular flexibility index (Phi) is 8.26. The van der Waals surface area contributed by atoms with Crippen molar-refractivity contribution in [2.45, 2.75) is 47.0 Å². The Morgan fingerprint density at radius 3 is 1.27 bits per heavy atom. The van der Waals surface area contributed by atoms with Crippen LogP contribution in [0.1, 0.15) is 55.6 Å². The van der Waals surface area contributed by atoms with Crippen LogP contribution in [-0.4, -0.2) is 40.6 Å². The Balaban J connectivity index is 1.84. The lowest BCUT2D eigenvalue weighted by Gasteiger charge is -2.37. The fourth-order valence-electron chi connectivity index (χ4n) is 6.45. The second kappa shape index (κ2) is 11.7. The second-order valence-corrected chi connectivity index (χ2v) is 11.4. The van der Waals surface area contributed by atoms with Crippen molar-refractivity contribution in [3.63, 3.8) is 0 Å². The molecular formula is C37H42O4. The van der Waals surface area contributed by atoms with Crippen molar-refractivity contribution in [2.24, 2.45) is 0 Å². The van der Waals surface area contributed by atoms with Crippen molar-refractivity contribution < 1.29 is 18.9 Å². The van der Waals surface area contributed by atoms with E-state index in [4.69, 9.17) is 18.9 Å². The summed E-state index contributed by atoms with van der Waals surface area (Å²) in [4.78, 5) is 0. The van der Waals surface area contributed by atoms with Crippen LogP contribution in [0.25, 0.3) is 11.1 Å². The van der Waals surface area contributed by atoms with Crippen LogP contribution in [0.15, 0.2) is 60.7 Å². The highest BCUT2D eigenvalue weighted by molar-refractivity contribution is 5.87. The predicted molar refractivity (Wildman–Crippen MR) is 167 cm³/mol. The molecule has 1 aliphatic rings. The lowest BCUT2D eigenvalue weighted by Crippen LogP contribution is -2.31. The Labute approximate surface area is 245 Å².